The molecular formula is C16H22N4O2. The van der Waals surface area contributed by atoms with Gasteiger partial charge < -0.3 is 11.1 Å². The van der Waals surface area contributed by atoms with Gasteiger partial charge in [-0.1, -0.05) is 35.5 Å². The Kier molecular flexibility index (Phi) is 4.40. The van der Waals surface area contributed by atoms with E-state index in [1.54, 1.807) is 0 Å². The van der Waals surface area contributed by atoms with Gasteiger partial charge in [0.15, 0.2) is 5.82 Å². The van der Waals surface area contributed by atoms with Crippen molar-refractivity contribution >= 4 is 0 Å². The number of aromatic nitrogens is 2. The molecule has 2 heterocycles. The summed E-state index contributed by atoms with van der Waals surface area (Å²) in [5.41, 5.74) is 7.30. The Morgan fingerprint density at radius 3 is 2.59 bits per heavy atom. The molecule has 1 fully saturated rings. The van der Waals surface area contributed by atoms with E-state index in [9.17, 15) is 4.79 Å². The van der Waals surface area contributed by atoms with Gasteiger partial charge in [0.1, 0.15) is 0 Å². The van der Waals surface area contributed by atoms with Crippen LogP contribution in [0.3, 0.4) is 0 Å². The fraction of sp³-hybridized carbons (Fsp3) is 0.500. The van der Waals surface area contributed by atoms with Crippen molar-refractivity contribution in [2.24, 2.45) is 11.1 Å². The Bertz CT molecular complexity index is 643. The van der Waals surface area contributed by atoms with E-state index in [1.807, 2.05) is 18.2 Å². The summed E-state index contributed by atoms with van der Waals surface area (Å²) >= 11 is 0. The van der Waals surface area contributed by atoms with Crippen molar-refractivity contribution < 1.29 is 4.52 Å². The number of nitrogens with one attached hydrogen (secondary N) is 2. The van der Waals surface area contributed by atoms with Gasteiger partial charge in [0.25, 0.3) is 0 Å². The van der Waals surface area contributed by atoms with Crippen LogP contribution in [0.4, 0.5) is 0 Å². The summed E-state index contributed by atoms with van der Waals surface area (Å²) in [7, 11) is 0. The van der Waals surface area contributed by atoms with Gasteiger partial charge in [0, 0.05) is 5.92 Å². The van der Waals surface area contributed by atoms with E-state index < -0.39 is 5.76 Å². The first kappa shape index (κ1) is 15.0. The minimum atomic E-state index is -0.505. The van der Waals surface area contributed by atoms with Crippen molar-refractivity contribution in [3.63, 3.8) is 0 Å². The zero-order valence-electron chi connectivity index (χ0n) is 12.5. The molecule has 1 unspecified atom stereocenters. The van der Waals surface area contributed by atoms with Crippen molar-refractivity contribution in [1.82, 2.24) is 15.5 Å². The summed E-state index contributed by atoms with van der Waals surface area (Å²) in [5.74, 6) is 0.156. The molecule has 0 aliphatic carbocycles. The number of benzene rings is 1. The van der Waals surface area contributed by atoms with Gasteiger partial charge in [-0.05, 0) is 49.9 Å². The number of hydrogen-bond acceptors (Lipinski definition) is 5. The minimum absolute atomic E-state index is 0.0495. The maximum atomic E-state index is 11.4. The molecule has 0 amide bonds. The molecule has 1 aliphatic heterocycles. The highest BCUT2D eigenvalue weighted by atomic mass is 16.5. The van der Waals surface area contributed by atoms with Crippen LogP contribution in [0.2, 0.25) is 0 Å². The van der Waals surface area contributed by atoms with Crippen LogP contribution in [0.1, 0.15) is 30.1 Å². The summed E-state index contributed by atoms with van der Waals surface area (Å²) in [6.07, 6.45) is 2.73. The van der Waals surface area contributed by atoms with Gasteiger partial charge in [0.05, 0.1) is 0 Å². The number of aromatic amines is 1. The number of hydrogen-bond donors (Lipinski definition) is 3. The predicted molar refractivity (Wildman–Crippen MR) is 83.6 cm³/mol. The van der Waals surface area contributed by atoms with E-state index in [4.69, 9.17) is 10.3 Å². The molecule has 1 aromatic carbocycles. The Morgan fingerprint density at radius 1 is 1.27 bits per heavy atom. The molecule has 22 heavy (non-hydrogen) atoms. The average Bonchev–Trinajstić information content (AvgIpc) is 3.00. The number of nitrogens with two attached hydrogens (primary N) is 1. The number of H-pyrrole nitrogens is 1. The monoisotopic (exact) mass is 302 g/mol. The van der Waals surface area contributed by atoms with Crippen molar-refractivity contribution in [1.29, 1.82) is 0 Å². The maximum absolute atomic E-state index is 11.4. The van der Waals surface area contributed by atoms with Crippen molar-refractivity contribution in [3.8, 4) is 0 Å². The normalized spacial score (nSPS) is 19.0. The standard InChI is InChI=1S/C16H22N4O2/c17-11-16(6-8-18-9-7-16)13(14-19-15(21)22-20-14)10-12-4-2-1-3-5-12/h1-5,13,18H,6-11,17H2,(H,19,20,21). The van der Waals surface area contributed by atoms with Crippen LogP contribution < -0.4 is 16.8 Å². The summed E-state index contributed by atoms with van der Waals surface area (Å²) in [4.78, 5) is 14.1. The van der Waals surface area contributed by atoms with Gasteiger partial charge >= 0.3 is 5.76 Å². The van der Waals surface area contributed by atoms with Crippen molar-refractivity contribution in [2.75, 3.05) is 19.6 Å². The lowest BCUT2D eigenvalue weighted by Gasteiger charge is -2.42. The second kappa shape index (κ2) is 6.46. The molecular weight excluding hydrogens is 280 g/mol. The first-order valence-corrected chi connectivity index (χ1v) is 7.74. The van der Waals surface area contributed by atoms with Crippen LogP contribution in [0.15, 0.2) is 39.6 Å². The van der Waals surface area contributed by atoms with Crippen molar-refractivity contribution in [3.05, 3.63) is 52.3 Å². The highest BCUT2D eigenvalue weighted by Gasteiger charge is 2.41. The highest BCUT2D eigenvalue weighted by Crippen LogP contribution is 2.43. The summed E-state index contributed by atoms with van der Waals surface area (Å²) in [5, 5.41) is 7.34. The smallest absolute Gasteiger partial charge is 0.330 e. The fourth-order valence-electron chi connectivity index (χ4n) is 3.46. The molecule has 6 heteroatoms. The molecule has 118 valence electrons. The summed E-state index contributed by atoms with van der Waals surface area (Å²) < 4.78 is 4.75. The molecule has 0 radical (unpaired) electrons. The Hall–Kier alpha value is -1.92. The van der Waals surface area contributed by atoms with Gasteiger partial charge in [-0.15, -0.1) is 0 Å². The minimum Gasteiger partial charge on any atom is -0.330 e. The Morgan fingerprint density at radius 2 is 2.00 bits per heavy atom. The number of piperidine rings is 1. The molecule has 1 aliphatic rings. The zero-order chi connectivity index (χ0) is 15.4. The third kappa shape index (κ3) is 2.98. The van der Waals surface area contributed by atoms with Crippen LogP contribution in [-0.4, -0.2) is 29.8 Å². The average molecular weight is 302 g/mol. The van der Waals surface area contributed by atoms with Crippen LogP contribution in [0, 0.1) is 5.41 Å². The van der Waals surface area contributed by atoms with Gasteiger partial charge in [0.2, 0.25) is 0 Å². The van der Waals surface area contributed by atoms with E-state index in [2.05, 4.69) is 27.6 Å². The van der Waals surface area contributed by atoms with Crippen molar-refractivity contribution in [2.45, 2.75) is 25.2 Å². The number of nitrogens with zero attached hydrogens (tertiary/aromatic N) is 1. The molecule has 2 aromatic rings. The molecule has 0 saturated carbocycles. The molecule has 1 saturated heterocycles. The van der Waals surface area contributed by atoms with Gasteiger partial charge in [-0.2, -0.15) is 0 Å². The van der Waals surface area contributed by atoms with Gasteiger partial charge in [-0.25, -0.2) is 4.79 Å². The van der Waals surface area contributed by atoms with E-state index in [1.165, 1.54) is 5.56 Å². The molecule has 6 nitrogen and oxygen atoms in total. The lowest BCUT2D eigenvalue weighted by atomic mass is 9.66. The van der Waals surface area contributed by atoms with Crippen LogP contribution >= 0.6 is 0 Å². The van der Waals surface area contributed by atoms with E-state index in [-0.39, 0.29) is 11.3 Å². The predicted octanol–water partition coefficient (Wildman–Crippen LogP) is 1.02. The lowest BCUT2D eigenvalue weighted by Crippen LogP contribution is -2.46. The largest absolute Gasteiger partial charge is 0.438 e. The first-order chi connectivity index (χ1) is 10.7. The quantitative estimate of drug-likeness (QED) is 0.766. The summed E-state index contributed by atoms with van der Waals surface area (Å²) in [6.45, 7) is 2.44. The van der Waals surface area contributed by atoms with Crippen LogP contribution in [0.5, 0.6) is 0 Å². The Balaban J connectivity index is 1.96. The lowest BCUT2D eigenvalue weighted by molar-refractivity contribution is 0.154. The van der Waals surface area contributed by atoms with Crippen LogP contribution in [0.25, 0.3) is 0 Å². The zero-order valence-corrected chi connectivity index (χ0v) is 12.5. The topological polar surface area (TPSA) is 96.9 Å². The SMILES string of the molecule is NCC1(C(Cc2ccccc2)c2noc(=O)[nH]2)CCNCC1. The fourth-order valence-corrected chi connectivity index (χ4v) is 3.46. The van der Waals surface area contributed by atoms with Crippen LogP contribution in [-0.2, 0) is 6.42 Å². The second-order valence-electron chi connectivity index (χ2n) is 6.04. The number of rotatable bonds is 5. The molecule has 3 rings (SSSR count). The molecule has 0 spiro atoms. The first-order valence-electron chi connectivity index (χ1n) is 7.74. The summed E-state index contributed by atoms with van der Waals surface area (Å²) in [6, 6.07) is 10.2. The highest BCUT2D eigenvalue weighted by molar-refractivity contribution is 5.20. The maximum Gasteiger partial charge on any atom is 0.438 e. The molecule has 0 bridgehead atoms. The molecule has 4 N–H and O–H groups in total. The van der Waals surface area contributed by atoms with E-state index in [0.29, 0.717) is 12.4 Å². The molecule has 1 aromatic heterocycles. The van der Waals surface area contributed by atoms with Gasteiger partial charge in [-0.3, -0.25) is 9.51 Å². The van der Waals surface area contributed by atoms with E-state index >= 15 is 0 Å². The second-order valence-corrected chi connectivity index (χ2v) is 6.04. The third-order valence-electron chi connectivity index (χ3n) is 4.81. The van der Waals surface area contributed by atoms with E-state index in [0.717, 1.165) is 32.4 Å². The third-order valence-corrected chi connectivity index (χ3v) is 4.81. The molecule has 1 atom stereocenters. The Labute approximate surface area is 129 Å².